The molecule has 25 heavy (non-hydrogen) atoms. The highest BCUT2D eigenvalue weighted by atomic mass is 19.1. The molecule has 0 bridgehead atoms. The molecule has 132 valence electrons. The number of benzene rings is 1. The van der Waals surface area contributed by atoms with Gasteiger partial charge in [-0.2, -0.15) is 5.10 Å². The maximum Gasteiger partial charge on any atom is 0.242 e. The summed E-state index contributed by atoms with van der Waals surface area (Å²) in [6.45, 7) is 3.08. The second-order valence-corrected chi connectivity index (χ2v) is 6.34. The zero-order valence-corrected chi connectivity index (χ0v) is 14.1. The zero-order chi connectivity index (χ0) is 17.8. The van der Waals surface area contributed by atoms with Gasteiger partial charge in [0.25, 0.3) is 0 Å². The van der Waals surface area contributed by atoms with E-state index in [2.05, 4.69) is 10.4 Å². The van der Waals surface area contributed by atoms with E-state index in [-0.39, 0.29) is 30.2 Å². The molecule has 0 aliphatic carbocycles. The van der Waals surface area contributed by atoms with Crippen LogP contribution < -0.4 is 5.32 Å². The van der Waals surface area contributed by atoms with Gasteiger partial charge in [0.15, 0.2) is 0 Å². The first kappa shape index (κ1) is 17.1. The second kappa shape index (κ2) is 7.46. The average Bonchev–Trinajstić information content (AvgIpc) is 3.12. The molecule has 6 nitrogen and oxygen atoms in total. The largest absolute Gasteiger partial charge is 0.349 e. The Bertz CT molecular complexity index is 757. The number of carbonyl (C=O) groups is 2. The second-order valence-electron chi connectivity index (χ2n) is 6.34. The average molecular weight is 344 g/mol. The summed E-state index contributed by atoms with van der Waals surface area (Å²) in [6.07, 6.45) is 2.73. The van der Waals surface area contributed by atoms with E-state index in [0.717, 1.165) is 11.3 Å². The third-order valence-corrected chi connectivity index (χ3v) is 4.24. The van der Waals surface area contributed by atoms with Gasteiger partial charge >= 0.3 is 0 Å². The van der Waals surface area contributed by atoms with Crippen LogP contribution in [0.5, 0.6) is 0 Å². The van der Waals surface area contributed by atoms with E-state index in [1.54, 1.807) is 27.9 Å². The summed E-state index contributed by atoms with van der Waals surface area (Å²) in [5.41, 5.74) is 1.84. The third-order valence-electron chi connectivity index (χ3n) is 4.24. The fourth-order valence-electron chi connectivity index (χ4n) is 2.97. The number of amides is 2. The van der Waals surface area contributed by atoms with Gasteiger partial charge in [0.2, 0.25) is 11.8 Å². The van der Waals surface area contributed by atoms with Crippen LogP contribution in [-0.4, -0.2) is 45.6 Å². The Morgan fingerprint density at radius 2 is 2.08 bits per heavy atom. The minimum absolute atomic E-state index is 0.0299. The van der Waals surface area contributed by atoms with Crippen LogP contribution in [0.15, 0.2) is 36.5 Å². The Kier molecular flexibility index (Phi) is 5.11. The SMILES string of the molecule is Cc1ccn(CC(=O)NC2CC(=O)N(CCc3ccc(F)cc3)C2)n1. The molecule has 7 heteroatoms. The van der Waals surface area contributed by atoms with Crippen molar-refractivity contribution >= 4 is 11.8 Å². The molecule has 2 heterocycles. The van der Waals surface area contributed by atoms with Crippen LogP contribution in [0.3, 0.4) is 0 Å². The number of aromatic nitrogens is 2. The highest BCUT2D eigenvalue weighted by Gasteiger charge is 2.30. The lowest BCUT2D eigenvalue weighted by molar-refractivity contribution is -0.127. The van der Waals surface area contributed by atoms with Crippen LogP contribution >= 0.6 is 0 Å². The van der Waals surface area contributed by atoms with E-state index < -0.39 is 0 Å². The normalized spacial score (nSPS) is 17.1. The minimum atomic E-state index is -0.267. The zero-order valence-electron chi connectivity index (χ0n) is 14.1. The van der Waals surface area contributed by atoms with Crippen LogP contribution in [-0.2, 0) is 22.6 Å². The molecule has 1 aromatic carbocycles. The van der Waals surface area contributed by atoms with Crippen LogP contribution in [0.25, 0.3) is 0 Å². The van der Waals surface area contributed by atoms with Crippen molar-refractivity contribution in [2.24, 2.45) is 0 Å². The molecule has 0 radical (unpaired) electrons. The number of nitrogens with zero attached hydrogens (tertiary/aromatic N) is 3. The molecule has 1 aliphatic heterocycles. The van der Waals surface area contributed by atoms with E-state index in [1.165, 1.54) is 12.1 Å². The van der Waals surface area contributed by atoms with Gasteiger partial charge in [-0.1, -0.05) is 12.1 Å². The van der Waals surface area contributed by atoms with Gasteiger partial charge < -0.3 is 10.2 Å². The van der Waals surface area contributed by atoms with Gasteiger partial charge in [0.05, 0.1) is 11.7 Å². The highest BCUT2D eigenvalue weighted by molar-refractivity contribution is 5.82. The van der Waals surface area contributed by atoms with Crippen molar-refractivity contribution < 1.29 is 14.0 Å². The molecular formula is C18H21FN4O2. The molecule has 2 aromatic rings. The lowest BCUT2D eigenvalue weighted by atomic mass is 10.1. The molecule has 1 aromatic heterocycles. The fourth-order valence-corrected chi connectivity index (χ4v) is 2.97. The van der Waals surface area contributed by atoms with E-state index in [4.69, 9.17) is 0 Å². The first-order chi connectivity index (χ1) is 12.0. The minimum Gasteiger partial charge on any atom is -0.349 e. The Balaban J connectivity index is 1.46. The molecule has 0 saturated carbocycles. The standard InChI is InChI=1S/C18H21FN4O2/c1-13-6-9-23(21-13)12-17(24)20-16-10-18(25)22(11-16)8-7-14-2-4-15(19)5-3-14/h2-6,9,16H,7-8,10-12H2,1H3,(H,20,24). The smallest absolute Gasteiger partial charge is 0.242 e. The van der Waals surface area contributed by atoms with Crippen LogP contribution in [0.2, 0.25) is 0 Å². The van der Waals surface area contributed by atoms with E-state index >= 15 is 0 Å². The van der Waals surface area contributed by atoms with E-state index in [9.17, 15) is 14.0 Å². The van der Waals surface area contributed by atoms with Crippen molar-refractivity contribution in [3.05, 3.63) is 53.6 Å². The van der Waals surface area contributed by atoms with Crippen molar-refractivity contribution in [2.45, 2.75) is 32.4 Å². The maximum atomic E-state index is 12.9. The monoisotopic (exact) mass is 344 g/mol. The summed E-state index contributed by atoms with van der Waals surface area (Å²) in [4.78, 5) is 25.9. The predicted octanol–water partition coefficient (Wildman–Crippen LogP) is 1.29. The van der Waals surface area contributed by atoms with Gasteiger partial charge in [-0.15, -0.1) is 0 Å². The molecule has 1 N–H and O–H groups in total. The first-order valence-corrected chi connectivity index (χ1v) is 8.31. The van der Waals surface area contributed by atoms with Gasteiger partial charge in [-0.05, 0) is 37.1 Å². The van der Waals surface area contributed by atoms with Crippen molar-refractivity contribution in [1.82, 2.24) is 20.0 Å². The summed E-state index contributed by atoms with van der Waals surface area (Å²) >= 11 is 0. The lowest BCUT2D eigenvalue weighted by Gasteiger charge is -2.17. The molecule has 1 saturated heterocycles. The van der Waals surface area contributed by atoms with Gasteiger partial charge in [-0.3, -0.25) is 14.3 Å². The molecule has 0 spiro atoms. The summed E-state index contributed by atoms with van der Waals surface area (Å²) in [6, 6.07) is 7.94. The summed E-state index contributed by atoms with van der Waals surface area (Å²) in [5, 5.41) is 7.07. The highest BCUT2D eigenvalue weighted by Crippen LogP contribution is 2.13. The Hall–Kier alpha value is -2.70. The van der Waals surface area contributed by atoms with Crippen LogP contribution in [0, 0.1) is 12.7 Å². The lowest BCUT2D eigenvalue weighted by Crippen LogP contribution is -2.39. The molecule has 3 rings (SSSR count). The van der Waals surface area contributed by atoms with Gasteiger partial charge in [0, 0.05) is 25.7 Å². The fraction of sp³-hybridized carbons (Fsp3) is 0.389. The maximum absolute atomic E-state index is 12.9. The quantitative estimate of drug-likeness (QED) is 0.859. The Morgan fingerprint density at radius 1 is 1.32 bits per heavy atom. The summed E-state index contributed by atoms with van der Waals surface area (Å²) in [5.74, 6) is -0.389. The molecule has 1 aliphatic rings. The van der Waals surface area contributed by atoms with Gasteiger partial charge in [-0.25, -0.2) is 4.39 Å². The Morgan fingerprint density at radius 3 is 2.76 bits per heavy atom. The number of likely N-dealkylation sites (tertiary alicyclic amines) is 1. The summed E-state index contributed by atoms with van der Waals surface area (Å²) in [7, 11) is 0. The molecule has 1 unspecified atom stereocenters. The number of rotatable bonds is 6. The number of aryl methyl sites for hydroxylation is 1. The first-order valence-electron chi connectivity index (χ1n) is 8.31. The van der Waals surface area contributed by atoms with E-state index in [0.29, 0.717) is 25.9 Å². The van der Waals surface area contributed by atoms with Crippen molar-refractivity contribution in [3.63, 3.8) is 0 Å². The van der Waals surface area contributed by atoms with Crippen molar-refractivity contribution in [1.29, 1.82) is 0 Å². The van der Waals surface area contributed by atoms with Crippen LogP contribution in [0.4, 0.5) is 4.39 Å². The number of carbonyl (C=O) groups excluding carboxylic acids is 2. The topological polar surface area (TPSA) is 67.2 Å². The van der Waals surface area contributed by atoms with Gasteiger partial charge in [0.1, 0.15) is 12.4 Å². The van der Waals surface area contributed by atoms with Crippen molar-refractivity contribution in [2.75, 3.05) is 13.1 Å². The molecular weight excluding hydrogens is 323 g/mol. The number of nitrogens with one attached hydrogen (secondary N) is 1. The number of hydrogen-bond acceptors (Lipinski definition) is 3. The number of halogens is 1. The molecule has 1 fully saturated rings. The third kappa shape index (κ3) is 4.65. The Labute approximate surface area is 145 Å². The predicted molar refractivity (Wildman–Crippen MR) is 90.2 cm³/mol. The summed E-state index contributed by atoms with van der Waals surface area (Å²) < 4.78 is 14.5. The van der Waals surface area contributed by atoms with Crippen LogP contribution in [0.1, 0.15) is 17.7 Å². The molecule has 2 amide bonds. The molecule has 1 atom stereocenters. The number of hydrogen-bond donors (Lipinski definition) is 1. The van der Waals surface area contributed by atoms with Crippen molar-refractivity contribution in [3.8, 4) is 0 Å². The van der Waals surface area contributed by atoms with E-state index in [1.807, 2.05) is 13.0 Å².